The number of piperidine rings is 1. The molecule has 1 saturated heterocycles. The third kappa shape index (κ3) is 3.43. The fraction of sp³-hybridized carbons (Fsp3) is 0.478. The minimum absolute atomic E-state index is 0.0679. The van der Waals surface area contributed by atoms with Crippen LogP contribution in [0.5, 0.6) is 0 Å². The molecule has 1 aromatic carbocycles. The maximum Gasteiger partial charge on any atom is 0.274 e. The number of para-hydroxylation sites is 1. The Morgan fingerprint density at radius 2 is 2.00 bits per heavy atom. The summed E-state index contributed by atoms with van der Waals surface area (Å²) >= 11 is 5.34. The van der Waals surface area contributed by atoms with Crippen molar-refractivity contribution in [2.75, 3.05) is 13.1 Å². The Kier molecular flexibility index (Phi) is 5.25. The number of rotatable bonds is 4. The van der Waals surface area contributed by atoms with Gasteiger partial charge in [0.25, 0.3) is 5.91 Å². The third-order valence-electron chi connectivity index (χ3n) is 6.73. The maximum atomic E-state index is 13.5. The van der Waals surface area contributed by atoms with Crippen molar-refractivity contribution in [1.82, 2.24) is 29.4 Å². The molecule has 0 unspecified atom stereocenters. The number of aromatic amines is 1. The first-order valence-corrected chi connectivity index (χ1v) is 11.6. The van der Waals surface area contributed by atoms with Crippen LogP contribution in [-0.4, -0.2) is 48.4 Å². The molecule has 3 aromatic rings. The van der Waals surface area contributed by atoms with E-state index < -0.39 is 0 Å². The van der Waals surface area contributed by atoms with Gasteiger partial charge in [-0.1, -0.05) is 18.2 Å². The van der Waals surface area contributed by atoms with Crippen LogP contribution in [0.25, 0.3) is 5.69 Å². The van der Waals surface area contributed by atoms with Crippen LogP contribution >= 0.6 is 12.2 Å². The highest BCUT2D eigenvalue weighted by Crippen LogP contribution is 2.32. The van der Waals surface area contributed by atoms with Crippen molar-refractivity contribution < 1.29 is 4.79 Å². The monoisotopic (exact) mass is 436 g/mol. The van der Waals surface area contributed by atoms with E-state index in [4.69, 9.17) is 17.3 Å². The zero-order chi connectivity index (χ0) is 21.5. The van der Waals surface area contributed by atoms with Gasteiger partial charge in [0.15, 0.2) is 10.5 Å². The van der Waals surface area contributed by atoms with Gasteiger partial charge in [-0.15, -0.1) is 0 Å². The van der Waals surface area contributed by atoms with Crippen molar-refractivity contribution in [3.8, 4) is 5.69 Å². The van der Waals surface area contributed by atoms with E-state index in [0.29, 0.717) is 16.4 Å². The zero-order valence-corrected chi connectivity index (χ0v) is 18.9. The van der Waals surface area contributed by atoms with Gasteiger partial charge in [-0.2, -0.15) is 10.2 Å². The number of nitrogens with zero attached hydrogens (tertiary/aromatic N) is 5. The van der Waals surface area contributed by atoms with Crippen molar-refractivity contribution >= 4 is 18.1 Å². The molecule has 0 bridgehead atoms. The fourth-order valence-corrected chi connectivity index (χ4v) is 5.32. The number of benzene rings is 1. The Hall–Kier alpha value is -2.74. The van der Waals surface area contributed by atoms with E-state index in [1.807, 2.05) is 21.7 Å². The number of hydrogen-bond donors (Lipinski definition) is 1. The van der Waals surface area contributed by atoms with Crippen LogP contribution in [0.1, 0.15) is 65.2 Å². The Morgan fingerprint density at radius 1 is 1.23 bits per heavy atom. The lowest BCUT2D eigenvalue weighted by molar-refractivity contribution is 0.0702. The van der Waals surface area contributed by atoms with Crippen molar-refractivity contribution in [1.29, 1.82) is 0 Å². The molecular weight excluding hydrogens is 408 g/mol. The summed E-state index contributed by atoms with van der Waals surface area (Å²) in [5, 5.41) is 12.2. The van der Waals surface area contributed by atoms with Crippen LogP contribution < -0.4 is 0 Å². The molecule has 1 aliphatic carbocycles. The zero-order valence-electron chi connectivity index (χ0n) is 18.1. The number of nitrogens with one attached hydrogen (secondary N) is 1. The van der Waals surface area contributed by atoms with E-state index in [2.05, 4.69) is 40.7 Å². The van der Waals surface area contributed by atoms with Gasteiger partial charge >= 0.3 is 0 Å². The molecule has 0 radical (unpaired) electrons. The molecule has 7 nitrogen and oxygen atoms in total. The van der Waals surface area contributed by atoms with Gasteiger partial charge in [-0.3, -0.25) is 9.89 Å². The van der Waals surface area contributed by atoms with Gasteiger partial charge in [-0.05, 0) is 69.8 Å². The van der Waals surface area contributed by atoms with Gasteiger partial charge in [0.05, 0.1) is 5.69 Å². The second-order valence-corrected chi connectivity index (χ2v) is 8.91. The number of H-pyrrole nitrogens is 1. The number of amides is 1. The largest absolute Gasteiger partial charge is 0.337 e. The minimum Gasteiger partial charge on any atom is -0.337 e. The molecule has 1 amide bonds. The number of hydrogen-bond acceptors (Lipinski definition) is 4. The van der Waals surface area contributed by atoms with E-state index in [1.54, 1.807) is 0 Å². The molecule has 1 fully saturated rings. The molecule has 0 saturated carbocycles. The van der Waals surface area contributed by atoms with Crippen molar-refractivity contribution in [2.45, 2.75) is 58.4 Å². The van der Waals surface area contributed by atoms with Crippen LogP contribution in [-0.2, 0) is 19.4 Å². The minimum atomic E-state index is 0.0679. The Balaban J connectivity index is 1.38. The summed E-state index contributed by atoms with van der Waals surface area (Å²) in [6, 6.07) is 8.25. The van der Waals surface area contributed by atoms with E-state index in [-0.39, 0.29) is 5.91 Å². The van der Waals surface area contributed by atoms with Crippen LogP contribution in [0.2, 0.25) is 0 Å². The molecule has 0 spiro atoms. The molecule has 31 heavy (non-hydrogen) atoms. The molecule has 8 heteroatoms. The first-order valence-electron chi connectivity index (χ1n) is 11.2. The lowest BCUT2D eigenvalue weighted by Crippen LogP contribution is -2.39. The molecule has 1 aliphatic heterocycles. The highest BCUT2D eigenvalue weighted by molar-refractivity contribution is 7.71. The molecular formula is C23H28N6OS. The highest BCUT2D eigenvalue weighted by atomic mass is 32.1. The van der Waals surface area contributed by atoms with E-state index in [9.17, 15) is 4.79 Å². The van der Waals surface area contributed by atoms with Gasteiger partial charge in [0.1, 0.15) is 5.82 Å². The van der Waals surface area contributed by atoms with Gasteiger partial charge in [0, 0.05) is 36.8 Å². The number of carbonyl (C=O) groups is 1. The Labute approximate surface area is 187 Å². The maximum absolute atomic E-state index is 13.5. The van der Waals surface area contributed by atoms with E-state index >= 15 is 0 Å². The van der Waals surface area contributed by atoms with Gasteiger partial charge in [0.2, 0.25) is 0 Å². The smallest absolute Gasteiger partial charge is 0.274 e. The number of likely N-dealkylation sites (tertiary alicyclic amines) is 1. The first kappa shape index (κ1) is 20.2. The Morgan fingerprint density at radius 3 is 2.74 bits per heavy atom. The van der Waals surface area contributed by atoms with Crippen LogP contribution in [0.15, 0.2) is 24.3 Å². The number of aromatic nitrogens is 5. The quantitative estimate of drug-likeness (QED) is 0.629. The van der Waals surface area contributed by atoms with Crippen LogP contribution in [0, 0.1) is 11.7 Å². The van der Waals surface area contributed by atoms with E-state index in [1.165, 1.54) is 11.3 Å². The second kappa shape index (κ2) is 8.07. The topological polar surface area (TPSA) is 71.7 Å². The average molecular weight is 437 g/mol. The van der Waals surface area contributed by atoms with E-state index in [0.717, 1.165) is 68.8 Å². The highest BCUT2D eigenvalue weighted by Gasteiger charge is 2.32. The summed E-state index contributed by atoms with van der Waals surface area (Å²) in [4.78, 5) is 15.4. The SMILES string of the molecule is CCn1c(C2CCN(C(=O)c3nn(-c4ccccc4C)c4c3CCC4)CC2)n[nH]c1=S. The molecule has 5 rings (SSSR count). The predicted octanol–water partition coefficient (Wildman–Crippen LogP) is 3.96. The second-order valence-electron chi connectivity index (χ2n) is 8.52. The molecule has 2 aliphatic rings. The van der Waals surface area contributed by atoms with Gasteiger partial charge < -0.3 is 9.47 Å². The average Bonchev–Trinajstić information content (AvgIpc) is 3.49. The standard InChI is InChI=1S/C23H28N6OS/c1-3-28-21(24-25-23(28)31)16-11-13-27(14-12-16)22(30)20-17-8-6-10-19(17)29(26-20)18-9-5-4-7-15(18)2/h4-5,7,9,16H,3,6,8,10-14H2,1-2H3,(H,25,31). The number of fused-ring (bicyclic) bond motifs is 1. The Bertz CT molecular complexity index is 1180. The number of carbonyl (C=O) groups excluding carboxylic acids is 1. The lowest BCUT2D eigenvalue weighted by Gasteiger charge is -2.31. The summed E-state index contributed by atoms with van der Waals surface area (Å²) in [5.74, 6) is 1.41. The molecule has 3 heterocycles. The summed E-state index contributed by atoms with van der Waals surface area (Å²) in [6.07, 6.45) is 4.79. The van der Waals surface area contributed by atoms with Crippen molar-refractivity contribution in [3.05, 3.63) is 57.4 Å². The lowest BCUT2D eigenvalue weighted by atomic mass is 9.95. The normalized spacial score (nSPS) is 16.6. The van der Waals surface area contributed by atoms with Gasteiger partial charge in [-0.25, -0.2) is 4.68 Å². The summed E-state index contributed by atoms with van der Waals surface area (Å²) in [5.41, 5.74) is 5.23. The summed E-state index contributed by atoms with van der Waals surface area (Å²) < 4.78 is 4.75. The fourth-order valence-electron chi connectivity index (χ4n) is 5.05. The number of aryl methyl sites for hydroxylation is 1. The first-order chi connectivity index (χ1) is 15.1. The van der Waals surface area contributed by atoms with Crippen LogP contribution in [0.3, 0.4) is 0 Å². The molecule has 2 aromatic heterocycles. The van der Waals surface area contributed by atoms with Crippen molar-refractivity contribution in [2.24, 2.45) is 0 Å². The van der Waals surface area contributed by atoms with Crippen molar-refractivity contribution in [3.63, 3.8) is 0 Å². The molecule has 162 valence electrons. The molecule has 0 atom stereocenters. The van der Waals surface area contributed by atoms with Crippen LogP contribution in [0.4, 0.5) is 0 Å². The summed E-state index contributed by atoms with van der Waals surface area (Å²) in [7, 11) is 0. The third-order valence-corrected chi connectivity index (χ3v) is 7.04. The predicted molar refractivity (Wildman–Crippen MR) is 121 cm³/mol. The summed E-state index contributed by atoms with van der Waals surface area (Å²) in [6.45, 7) is 6.43. The molecule has 1 N–H and O–H groups in total.